The molecule has 0 radical (unpaired) electrons. The number of para-hydroxylation sites is 1. The Morgan fingerprint density at radius 3 is 2.95 bits per heavy atom. The number of nitrogens with zero attached hydrogens (tertiary/aromatic N) is 2. The molecule has 0 aromatic heterocycles. The normalized spacial score (nSPS) is 21.3. The van der Waals surface area contributed by atoms with Crippen molar-refractivity contribution < 1.29 is 4.79 Å². The smallest absolute Gasteiger partial charge is 0.266 e. The Kier molecular flexibility index (Phi) is 3.54. The molecule has 1 amide bonds. The second-order valence-corrected chi connectivity index (χ2v) is 5.03. The Labute approximate surface area is 124 Å². The third kappa shape index (κ3) is 2.45. The molecule has 4 heteroatoms. The van der Waals surface area contributed by atoms with E-state index in [1.165, 1.54) is 0 Å². The molecule has 0 fully saturated rings. The van der Waals surface area contributed by atoms with E-state index in [2.05, 4.69) is 17.1 Å². The van der Waals surface area contributed by atoms with Crippen molar-refractivity contribution in [3.8, 4) is 0 Å². The highest BCUT2D eigenvalue weighted by molar-refractivity contribution is 6.21. The summed E-state index contributed by atoms with van der Waals surface area (Å²) in [5.41, 5.74) is 9.42. The van der Waals surface area contributed by atoms with Crippen LogP contribution in [0, 0.1) is 0 Å². The minimum absolute atomic E-state index is 0.203. The fourth-order valence-electron chi connectivity index (χ4n) is 2.51. The van der Waals surface area contributed by atoms with E-state index in [0.29, 0.717) is 0 Å². The van der Waals surface area contributed by atoms with Gasteiger partial charge in [0.05, 0.1) is 11.4 Å². The first kappa shape index (κ1) is 13.5. The minimum atomic E-state index is -0.876. The van der Waals surface area contributed by atoms with Gasteiger partial charge in [-0.2, -0.15) is 0 Å². The van der Waals surface area contributed by atoms with Crippen molar-refractivity contribution in [1.82, 2.24) is 0 Å². The summed E-state index contributed by atoms with van der Waals surface area (Å²) >= 11 is 0. The van der Waals surface area contributed by atoms with Gasteiger partial charge in [-0.1, -0.05) is 48.6 Å². The molecule has 3 rings (SSSR count). The van der Waals surface area contributed by atoms with Crippen LogP contribution < -0.4 is 10.6 Å². The van der Waals surface area contributed by atoms with Crippen LogP contribution in [-0.2, 0) is 4.79 Å². The van der Waals surface area contributed by atoms with Crippen LogP contribution in [0.4, 0.5) is 5.69 Å². The predicted molar refractivity (Wildman–Crippen MR) is 85.3 cm³/mol. The second kappa shape index (κ2) is 5.50. The van der Waals surface area contributed by atoms with Gasteiger partial charge < -0.3 is 10.6 Å². The van der Waals surface area contributed by atoms with Crippen LogP contribution in [-0.4, -0.2) is 24.8 Å². The highest BCUT2D eigenvalue weighted by Crippen LogP contribution is 2.27. The number of benzene rings is 1. The largest absolute Gasteiger partial charge is 0.312 e. The van der Waals surface area contributed by atoms with Gasteiger partial charge in [0, 0.05) is 18.2 Å². The van der Waals surface area contributed by atoms with Crippen LogP contribution in [0.2, 0.25) is 0 Å². The van der Waals surface area contributed by atoms with Crippen molar-refractivity contribution in [3.63, 3.8) is 0 Å². The topological polar surface area (TPSA) is 58.7 Å². The number of hydrogen-bond acceptors (Lipinski definition) is 3. The first-order chi connectivity index (χ1) is 10.2. The number of amides is 1. The highest BCUT2D eigenvalue weighted by atomic mass is 16.2. The lowest BCUT2D eigenvalue weighted by molar-refractivity contribution is -0.119. The van der Waals surface area contributed by atoms with Gasteiger partial charge in [-0.3, -0.25) is 9.79 Å². The van der Waals surface area contributed by atoms with E-state index in [1.807, 2.05) is 42.5 Å². The van der Waals surface area contributed by atoms with E-state index in [1.54, 1.807) is 11.9 Å². The summed E-state index contributed by atoms with van der Waals surface area (Å²) in [7, 11) is 1.73. The second-order valence-electron chi connectivity index (χ2n) is 5.03. The Balaban J connectivity index is 2.20. The monoisotopic (exact) mass is 279 g/mol. The molecule has 0 saturated heterocycles. The number of carbonyl (C=O) groups is 1. The number of aliphatic imine (C=N–C) groups is 1. The van der Waals surface area contributed by atoms with Gasteiger partial charge in [0.2, 0.25) is 0 Å². The van der Waals surface area contributed by atoms with Gasteiger partial charge in [0.1, 0.15) is 0 Å². The van der Waals surface area contributed by atoms with E-state index in [9.17, 15) is 4.79 Å². The molecule has 0 saturated carbocycles. The third-order valence-corrected chi connectivity index (χ3v) is 3.63. The Morgan fingerprint density at radius 1 is 1.29 bits per heavy atom. The van der Waals surface area contributed by atoms with Crippen molar-refractivity contribution in [2.45, 2.75) is 12.6 Å². The fraction of sp³-hybridized carbons (Fsp3) is 0.176. The molecule has 4 nitrogen and oxygen atoms in total. The quantitative estimate of drug-likeness (QED) is 0.856. The number of nitrogens with two attached hydrogens (primary N) is 1. The number of carbonyl (C=O) groups excluding carboxylic acids is 1. The highest BCUT2D eigenvalue weighted by Gasteiger charge is 2.27. The van der Waals surface area contributed by atoms with Gasteiger partial charge in [0.15, 0.2) is 6.17 Å². The molecule has 1 heterocycles. The molecular formula is C17H17N3O. The zero-order valence-corrected chi connectivity index (χ0v) is 11.9. The predicted octanol–water partition coefficient (Wildman–Crippen LogP) is 2.18. The van der Waals surface area contributed by atoms with E-state index >= 15 is 0 Å². The molecule has 0 spiro atoms. The molecule has 0 bridgehead atoms. The summed E-state index contributed by atoms with van der Waals surface area (Å²) in [5, 5.41) is 0. The lowest BCUT2D eigenvalue weighted by Crippen LogP contribution is -2.39. The zero-order valence-electron chi connectivity index (χ0n) is 11.9. The van der Waals surface area contributed by atoms with Crippen molar-refractivity contribution in [2.75, 3.05) is 11.9 Å². The SMILES string of the molecule is CN1C(=O)C(N)N=C(C2=CC=CCC=C2)c2ccccc21. The summed E-state index contributed by atoms with van der Waals surface area (Å²) in [6.45, 7) is 0. The number of anilines is 1. The van der Waals surface area contributed by atoms with Crippen LogP contribution in [0.25, 0.3) is 0 Å². The van der Waals surface area contributed by atoms with Crippen LogP contribution >= 0.6 is 0 Å². The van der Waals surface area contributed by atoms with Gasteiger partial charge in [0.25, 0.3) is 5.91 Å². The number of fused-ring (bicyclic) bond motifs is 1. The molecule has 106 valence electrons. The molecule has 1 atom stereocenters. The van der Waals surface area contributed by atoms with Crippen molar-refractivity contribution >= 4 is 17.3 Å². The fourth-order valence-corrected chi connectivity index (χ4v) is 2.51. The molecule has 1 aliphatic heterocycles. The molecule has 21 heavy (non-hydrogen) atoms. The molecule has 2 N–H and O–H groups in total. The van der Waals surface area contributed by atoms with Crippen LogP contribution in [0.5, 0.6) is 0 Å². The molecule has 1 unspecified atom stereocenters. The summed E-state index contributed by atoms with van der Waals surface area (Å²) in [5.74, 6) is -0.203. The van der Waals surface area contributed by atoms with Crippen molar-refractivity contribution in [2.24, 2.45) is 10.7 Å². The maximum Gasteiger partial charge on any atom is 0.266 e. The van der Waals surface area contributed by atoms with Gasteiger partial charge in [-0.25, -0.2) is 0 Å². The summed E-state index contributed by atoms with van der Waals surface area (Å²) in [6.07, 6.45) is 10.2. The first-order valence-electron chi connectivity index (χ1n) is 6.92. The maximum atomic E-state index is 12.2. The summed E-state index contributed by atoms with van der Waals surface area (Å²) < 4.78 is 0. The van der Waals surface area contributed by atoms with Gasteiger partial charge in [-0.05, 0) is 12.5 Å². The van der Waals surface area contributed by atoms with Crippen molar-refractivity contribution in [3.05, 3.63) is 65.8 Å². The van der Waals surface area contributed by atoms with Crippen LogP contribution in [0.15, 0.2) is 65.2 Å². The van der Waals surface area contributed by atoms with E-state index in [4.69, 9.17) is 5.73 Å². The van der Waals surface area contributed by atoms with Gasteiger partial charge >= 0.3 is 0 Å². The first-order valence-corrected chi connectivity index (χ1v) is 6.92. The third-order valence-electron chi connectivity index (χ3n) is 3.63. The zero-order chi connectivity index (χ0) is 14.8. The van der Waals surface area contributed by atoms with Crippen LogP contribution in [0.1, 0.15) is 12.0 Å². The summed E-state index contributed by atoms with van der Waals surface area (Å²) in [6, 6.07) is 7.74. The molecular weight excluding hydrogens is 262 g/mol. The number of allylic oxidation sites excluding steroid dienone is 6. The lowest BCUT2D eigenvalue weighted by Gasteiger charge is -2.18. The number of likely N-dealkylation sites (N-methyl/N-ethyl adjacent to an activating group) is 1. The molecule has 1 aromatic rings. The van der Waals surface area contributed by atoms with E-state index < -0.39 is 6.17 Å². The summed E-state index contributed by atoms with van der Waals surface area (Å²) in [4.78, 5) is 18.3. The Morgan fingerprint density at radius 2 is 2.10 bits per heavy atom. The Bertz CT molecular complexity index is 698. The number of hydrogen-bond donors (Lipinski definition) is 1. The van der Waals surface area contributed by atoms with Crippen molar-refractivity contribution in [1.29, 1.82) is 0 Å². The number of rotatable bonds is 1. The lowest BCUT2D eigenvalue weighted by atomic mass is 9.99. The van der Waals surface area contributed by atoms with Gasteiger partial charge in [-0.15, -0.1) is 0 Å². The Hall–Kier alpha value is -2.46. The molecule has 2 aliphatic rings. The number of benzodiazepines with no additional fused rings is 1. The van der Waals surface area contributed by atoms with E-state index in [0.717, 1.165) is 29.0 Å². The van der Waals surface area contributed by atoms with E-state index in [-0.39, 0.29) is 5.91 Å². The average molecular weight is 279 g/mol. The maximum absolute atomic E-state index is 12.2. The average Bonchev–Trinajstić information content (AvgIpc) is 2.83. The minimum Gasteiger partial charge on any atom is -0.312 e. The molecule has 1 aliphatic carbocycles. The standard InChI is InChI=1S/C17H17N3O/c1-20-14-11-7-6-10-13(14)15(19-16(18)17(20)21)12-8-4-2-3-5-9-12/h2,4-11,16H,3,18H2,1H3. The molecule has 1 aromatic carbocycles. The van der Waals surface area contributed by atoms with Crippen LogP contribution in [0.3, 0.4) is 0 Å².